The molecule has 0 radical (unpaired) electrons. The van der Waals surface area contributed by atoms with Gasteiger partial charge in [0.15, 0.2) is 5.96 Å². The highest BCUT2D eigenvalue weighted by Crippen LogP contribution is 2.10. The molecule has 8 amide bonds. The Morgan fingerprint density at radius 1 is 0.543 bits per heavy atom. The summed E-state index contributed by atoms with van der Waals surface area (Å²) in [4.78, 5) is 143. The van der Waals surface area contributed by atoms with Crippen LogP contribution in [0.25, 0.3) is 0 Å². The number of carboxylic acids is 1. The number of primary amides is 2. The van der Waals surface area contributed by atoms with E-state index >= 15 is 0 Å². The zero-order chi connectivity index (χ0) is 51.2. The molecule has 3 heterocycles. The van der Waals surface area contributed by atoms with Crippen LogP contribution in [0.4, 0.5) is 0 Å². The van der Waals surface area contributed by atoms with Crippen LogP contribution in [0.2, 0.25) is 0 Å². The van der Waals surface area contributed by atoms with E-state index in [1.807, 2.05) is 0 Å². The van der Waals surface area contributed by atoms with Crippen LogP contribution in [-0.2, 0) is 68.8 Å². The highest BCUT2D eigenvalue weighted by molar-refractivity contribution is 5.98. The van der Waals surface area contributed by atoms with Crippen LogP contribution in [0, 0.1) is 0 Å². The average molecular weight is 975 g/mol. The molecule has 0 spiro atoms. The maximum absolute atomic E-state index is 14.4. The molecule has 0 aliphatic heterocycles. The van der Waals surface area contributed by atoms with E-state index in [4.69, 9.17) is 28.7 Å². The molecule has 70 heavy (non-hydrogen) atoms. The maximum atomic E-state index is 14.4. The first kappa shape index (κ1) is 53.9. The van der Waals surface area contributed by atoms with Crippen molar-refractivity contribution in [1.82, 2.24) is 61.8 Å². The second-order valence-corrected chi connectivity index (χ2v) is 16.0. The Bertz CT molecular complexity index is 2390. The molecule has 3 aromatic heterocycles. The molecule has 28 heteroatoms. The quantitative estimate of drug-likeness (QED) is 0.0132. The first-order valence-electron chi connectivity index (χ1n) is 21.8. The summed E-state index contributed by atoms with van der Waals surface area (Å²) in [5.41, 5.74) is 29.0. The number of carbonyl (C=O) groups excluding carboxylic acids is 8. The van der Waals surface area contributed by atoms with E-state index in [1.165, 1.54) is 37.6 Å². The van der Waals surface area contributed by atoms with Gasteiger partial charge >= 0.3 is 5.97 Å². The van der Waals surface area contributed by atoms with Gasteiger partial charge in [0.1, 0.15) is 36.3 Å². The van der Waals surface area contributed by atoms with Crippen LogP contribution < -0.4 is 60.6 Å². The number of aliphatic imine (C=N–C) groups is 1. The molecule has 4 rings (SSSR count). The standard InChI is InChI=1S/C42H58N18O10/c43-26(8-9-33(44)61)35(63)56-29(12-23-16-48-19-52-23)38(66)60-32(15-34(45)62)40(68)59-31(14-25-18-50-21-54-25)39(67)57-28(11-22-5-2-1-3-6-22)36(64)58-30(13-24-17-49-20-53-24)37(65)55-27(41(69)70)7-4-10-51-42(46)47/h1-3,5-6,16-21,26-32H,4,7-15,43H2,(H2,44,61)(H2,45,62)(H,48,52)(H,49,53)(H,50,54)(H,55,65)(H,56,63)(H,57,67)(H,58,64)(H,59,68)(H,60,66)(H,69,70)(H4,46,47,51)/t26-,27-,28-,29-,30-,31-,32-/m0/s1. The Morgan fingerprint density at radius 3 is 1.36 bits per heavy atom. The number of guanidine groups is 1. The van der Waals surface area contributed by atoms with Gasteiger partial charge in [0.25, 0.3) is 0 Å². The third-order valence-electron chi connectivity index (χ3n) is 10.4. The van der Waals surface area contributed by atoms with E-state index in [9.17, 15) is 48.3 Å². The lowest BCUT2D eigenvalue weighted by Gasteiger charge is -2.27. The lowest BCUT2D eigenvalue weighted by Crippen LogP contribution is -2.61. The Kier molecular flexibility index (Phi) is 21.0. The molecule has 0 aliphatic carbocycles. The molecule has 20 N–H and O–H groups in total. The van der Waals surface area contributed by atoms with Crippen LogP contribution in [0.5, 0.6) is 0 Å². The monoisotopic (exact) mass is 974 g/mol. The molecule has 7 atom stereocenters. The van der Waals surface area contributed by atoms with Gasteiger partial charge in [-0.1, -0.05) is 30.3 Å². The summed E-state index contributed by atoms with van der Waals surface area (Å²) < 4.78 is 0. The van der Waals surface area contributed by atoms with Crippen molar-refractivity contribution < 1.29 is 48.3 Å². The number of benzene rings is 1. The van der Waals surface area contributed by atoms with Gasteiger partial charge in [0.2, 0.25) is 47.3 Å². The predicted molar refractivity (Wildman–Crippen MR) is 246 cm³/mol. The summed E-state index contributed by atoms with van der Waals surface area (Å²) in [5, 5.41) is 25.0. The summed E-state index contributed by atoms with van der Waals surface area (Å²) in [5.74, 6) is -8.91. The van der Waals surface area contributed by atoms with Crippen molar-refractivity contribution in [3.8, 4) is 0 Å². The second kappa shape index (κ2) is 27.2. The van der Waals surface area contributed by atoms with Crippen molar-refractivity contribution in [2.45, 2.75) is 100 Å². The number of amides is 8. The van der Waals surface area contributed by atoms with Crippen LogP contribution in [-0.4, -0.2) is 143 Å². The first-order chi connectivity index (χ1) is 33.4. The van der Waals surface area contributed by atoms with E-state index < -0.39 is 102 Å². The van der Waals surface area contributed by atoms with Crippen molar-refractivity contribution in [2.75, 3.05) is 6.54 Å². The molecule has 0 saturated heterocycles. The van der Waals surface area contributed by atoms with Crippen molar-refractivity contribution >= 4 is 59.2 Å². The Labute approximate surface area is 399 Å². The fourth-order valence-electron chi connectivity index (χ4n) is 6.78. The van der Waals surface area contributed by atoms with Crippen LogP contribution in [0.3, 0.4) is 0 Å². The fourth-order valence-corrected chi connectivity index (χ4v) is 6.78. The average Bonchev–Trinajstić information content (AvgIpc) is 4.14. The number of carboxylic acid groups (broad SMARTS) is 1. The van der Waals surface area contributed by atoms with Gasteiger partial charge < -0.3 is 80.6 Å². The Hall–Kier alpha value is -8.69. The number of hydrogen-bond acceptors (Lipinski definition) is 14. The van der Waals surface area contributed by atoms with Crippen LogP contribution in [0.1, 0.15) is 54.7 Å². The molecule has 0 saturated carbocycles. The van der Waals surface area contributed by atoms with Crippen LogP contribution >= 0.6 is 0 Å². The van der Waals surface area contributed by atoms with Crippen molar-refractivity contribution in [2.24, 2.45) is 33.7 Å². The zero-order valence-corrected chi connectivity index (χ0v) is 37.8. The number of H-pyrrole nitrogens is 3. The normalized spacial score (nSPS) is 13.9. The lowest BCUT2D eigenvalue weighted by atomic mass is 10.0. The van der Waals surface area contributed by atoms with E-state index in [1.54, 1.807) is 30.3 Å². The molecule has 0 unspecified atom stereocenters. The molecule has 0 bridgehead atoms. The Balaban J connectivity index is 1.60. The summed E-state index contributed by atoms with van der Waals surface area (Å²) in [6.07, 6.45) is 6.26. The third-order valence-corrected chi connectivity index (χ3v) is 10.4. The van der Waals surface area contributed by atoms with Gasteiger partial charge in [-0.25, -0.2) is 19.7 Å². The van der Waals surface area contributed by atoms with Gasteiger partial charge in [-0.05, 0) is 24.8 Å². The molecular weight excluding hydrogens is 917 g/mol. The molecule has 1 aromatic carbocycles. The van der Waals surface area contributed by atoms with Gasteiger partial charge in [-0.3, -0.25) is 43.3 Å². The van der Waals surface area contributed by atoms with Crippen molar-refractivity contribution in [1.29, 1.82) is 0 Å². The summed E-state index contributed by atoms with van der Waals surface area (Å²) >= 11 is 0. The highest BCUT2D eigenvalue weighted by atomic mass is 16.4. The van der Waals surface area contributed by atoms with Crippen molar-refractivity contribution in [3.05, 3.63) is 90.5 Å². The number of imidazole rings is 3. The lowest BCUT2D eigenvalue weighted by molar-refractivity contribution is -0.142. The number of nitrogens with zero attached hydrogens (tertiary/aromatic N) is 4. The molecule has 0 aliphatic rings. The first-order valence-corrected chi connectivity index (χ1v) is 21.8. The maximum Gasteiger partial charge on any atom is 0.326 e. The second-order valence-electron chi connectivity index (χ2n) is 16.0. The van der Waals surface area contributed by atoms with E-state index in [0.717, 1.165) is 0 Å². The largest absolute Gasteiger partial charge is 0.480 e. The number of aromatic amines is 3. The zero-order valence-electron chi connectivity index (χ0n) is 37.8. The smallest absolute Gasteiger partial charge is 0.326 e. The third kappa shape index (κ3) is 18.5. The highest BCUT2D eigenvalue weighted by Gasteiger charge is 2.35. The summed E-state index contributed by atoms with van der Waals surface area (Å²) in [6, 6.07) is -1.78. The minimum Gasteiger partial charge on any atom is -0.480 e. The van der Waals surface area contributed by atoms with E-state index in [2.05, 4.69) is 66.8 Å². The van der Waals surface area contributed by atoms with E-state index in [0.29, 0.717) is 22.6 Å². The predicted octanol–water partition coefficient (Wildman–Crippen LogP) is -5.36. The molecule has 0 fully saturated rings. The van der Waals surface area contributed by atoms with Crippen LogP contribution in [0.15, 0.2) is 72.9 Å². The SMILES string of the molecule is NC(=O)CC[C@H](N)C(=O)N[C@@H](Cc1cnc[nH]1)C(=O)N[C@@H](CC(N)=O)C(=O)N[C@@H](Cc1cnc[nH]1)C(=O)N[C@@H](Cc1ccccc1)C(=O)N[C@@H](Cc1cnc[nH]1)C(=O)N[C@@H](CCCN=C(N)N)C(=O)O. The number of aromatic nitrogens is 6. The van der Waals surface area contributed by atoms with Crippen molar-refractivity contribution in [3.63, 3.8) is 0 Å². The number of rotatable bonds is 30. The molecular formula is C42H58N18O10. The number of carbonyl (C=O) groups is 9. The van der Waals surface area contributed by atoms with Gasteiger partial charge in [-0.15, -0.1) is 0 Å². The van der Waals surface area contributed by atoms with Gasteiger partial charge in [0.05, 0.1) is 31.4 Å². The fraction of sp³-hybridized carbons (Fsp3) is 0.405. The van der Waals surface area contributed by atoms with E-state index in [-0.39, 0.29) is 63.9 Å². The summed E-state index contributed by atoms with van der Waals surface area (Å²) in [6.45, 7) is 0.0869. The topological polar surface area (TPSA) is 475 Å². The Morgan fingerprint density at radius 2 is 0.957 bits per heavy atom. The number of hydrogen-bond donors (Lipinski definition) is 15. The summed E-state index contributed by atoms with van der Waals surface area (Å²) in [7, 11) is 0. The number of nitrogens with two attached hydrogens (primary N) is 5. The minimum atomic E-state index is -1.74. The number of nitrogens with one attached hydrogen (secondary N) is 9. The number of aliphatic carboxylic acids is 1. The molecule has 4 aromatic rings. The van der Waals surface area contributed by atoms with Gasteiger partial charge in [0, 0.05) is 74.3 Å². The minimum absolute atomic E-state index is 0.0700. The molecule has 376 valence electrons. The molecule has 28 nitrogen and oxygen atoms in total. The van der Waals surface area contributed by atoms with Gasteiger partial charge in [-0.2, -0.15) is 0 Å².